The van der Waals surface area contributed by atoms with Crippen LogP contribution in [0.2, 0.25) is 0 Å². The van der Waals surface area contributed by atoms with Crippen molar-refractivity contribution in [1.82, 2.24) is 4.98 Å². The van der Waals surface area contributed by atoms with E-state index in [-0.39, 0.29) is 0 Å². The molecule has 10 heavy (non-hydrogen) atoms. The van der Waals surface area contributed by atoms with E-state index in [1.807, 2.05) is 0 Å². The number of rotatable bonds is 0. The molecule has 0 atom stereocenters. The standard InChI is InChI=1S/C8H12N2/c1-6-5-10-8-7(6)3-2-4-9-8/h5,9-10H,2-4H2,1H3. The van der Waals surface area contributed by atoms with Gasteiger partial charge in [0.15, 0.2) is 0 Å². The molecule has 0 fully saturated rings. The van der Waals surface area contributed by atoms with Crippen molar-refractivity contribution in [2.75, 3.05) is 11.9 Å². The normalized spacial score (nSPS) is 16.1. The number of aromatic amines is 1. The zero-order valence-electron chi connectivity index (χ0n) is 6.20. The molecular formula is C8H12N2. The summed E-state index contributed by atoms with van der Waals surface area (Å²) in [5, 5.41) is 3.33. The van der Waals surface area contributed by atoms with Gasteiger partial charge in [0.05, 0.1) is 0 Å². The quantitative estimate of drug-likeness (QED) is 0.558. The third-order valence-corrected chi connectivity index (χ3v) is 2.12. The van der Waals surface area contributed by atoms with Gasteiger partial charge in [-0.1, -0.05) is 0 Å². The van der Waals surface area contributed by atoms with Crippen molar-refractivity contribution >= 4 is 5.82 Å². The van der Waals surface area contributed by atoms with Crippen LogP contribution in [0.5, 0.6) is 0 Å². The molecule has 0 spiro atoms. The van der Waals surface area contributed by atoms with Gasteiger partial charge >= 0.3 is 0 Å². The fourth-order valence-corrected chi connectivity index (χ4v) is 1.51. The van der Waals surface area contributed by atoms with Gasteiger partial charge in [-0.3, -0.25) is 0 Å². The number of aromatic nitrogens is 1. The first-order chi connectivity index (χ1) is 4.88. The first-order valence-corrected chi connectivity index (χ1v) is 3.78. The third-order valence-electron chi connectivity index (χ3n) is 2.12. The zero-order valence-corrected chi connectivity index (χ0v) is 6.20. The largest absolute Gasteiger partial charge is 0.371 e. The zero-order chi connectivity index (χ0) is 6.97. The SMILES string of the molecule is Cc1c[nH]c2c1CCCN2. The summed E-state index contributed by atoms with van der Waals surface area (Å²) in [4.78, 5) is 3.21. The van der Waals surface area contributed by atoms with E-state index in [4.69, 9.17) is 0 Å². The summed E-state index contributed by atoms with van der Waals surface area (Å²) in [6, 6.07) is 0. The van der Waals surface area contributed by atoms with Crippen molar-refractivity contribution in [2.24, 2.45) is 0 Å². The molecule has 1 aliphatic heterocycles. The molecule has 2 nitrogen and oxygen atoms in total. The van der Waals surface area contributed by atoms with E-state index in [1.54, 1.807) is 0 Å². The van der Waals surface area contributed by atoms with Gasteiger partial charge in [-0.2, -0.15) is 0 Å². The summed E-state index contributed by atoms with van der Waals surface area (Å²) in [5.41, 5.74) is 2.87. The highest BCUT2D eigenvalue weighted by atomic mass is 15.0. The summed E-state index contributed by atoms with van der Waals surface area (Å²) in [5.74, 6) is 1.24. The number of aryl methyl sites for hydroxylation is 1. The molecule has 0 saturated carbocycles. The number of fused-ring (bicyclic) bond motifs is 1. The summed E-state index contributed by atoms with van der Waals surface area (Å²) in [6.45, 7) is 3.27. The topological polar surface area (TPSA) is 27.8 Å². The van der Waals surface area contributed by atoms with Crippen LogP contribution >= 0.6 is 0 Å². The molecule has 1 aromatic heterocycles. The van der Waals surface area contributed by atoms with Crippen molar-refractivity contribution in [3.8, 4) is 0 Å². The van der Waals surface area contributed by atoms with Crippen LogP contribution in [-0.2, 0) is 6.42 Å². The van der Waals surface area contributed by atoms with E-state index in [2.05, 4.69) is 23.4 Å². The highest BCUT2D eigenvalue weighted by Gasteiger charge is 2.10. The average Bonchev–Trinajstić information content (AvgIpc) is 2.34. The van der Waals surface area contributed by atoms with E-state index in [9.17, 15) is 0 Å². The fraction of sp³-hybridized carbons (Fsp3) is 0.500. The summed E-state index contributed by atoms with van der Waals surface area (Å²) < 4.78 is 0. The number of hydrogen-bond donors (Lipinski definition) is 2. The molecule has 0 aromatic carbocycles. The highest BCUT2D eigenvalue weighted by molar-refractivity contribution is 5.50. The highest BCUT2D eigenvalue weighted by Crippen LogP contribution is 2.22. The van der Waals surface area contributed by atoms with Crippen LogP contribution in [0.4, 0.5) is 5.82 Å². The third kappa shape index (κ3) is 0.719. The number of anilines is 1. The second kappa shape index (κ2) is 2.04. The van der Waals surface area contributed by atoms with Gasteiger partial charge in [-0.15, -0.1) is 0 Å². The lowest BCUT2D eigenvalue weighted by Crippen LogP contribution is -2.10. The molecule has 0 unspecified atom stereocenters. The Balaban J connectivity index is 2.45. The molecule has 0 bridgehead atoms. The van der Waals surface area contributed by atoms with Gasteiger partial charge in [-0.05, 0) is 30.9 Å². The van der Waals surface area contributed by atoms with Crippen molar-refractivity contribution in [3.63, 3.8) is 0 Å². The van der Waals surface area contributed by atoms with E-state index in [1.165, 1.54) is 29.8 Å². The van der Waals surface area contributed by atoms with Crippen LogP contribution in [0.25, 0.3) is 0 Å². The summed E-state index contributed by atoms with van der Waals surface area (Å²) >= 11 is 0. The average molecular weight is 136 g/mol. The first kappa shape index (κ1) is 5.83. The van der Waals surface area contributed by atoms with Gasteiger partial charge < -0.3 is 10.3 Å². The van der Waals surface area contributed by atoms with Crippen molar-refractivity contribution in [1.29, 1.82) is 0 Å². The molecule has 1 aromatic rings. The Bertz CT molecular complexity index is 237. The lowest BCUT2D eigenvalue weighted by Gasteiger charge is -2.13. The summed E-state index contributed by atoms with van der Waals surface area (Å²) in [6.07, 6.45) is 4.58. The maximum Gasteiger partial charge on any atom is 0.106 e. The van der Waals surface area contributed by atoms with Crippen LogP contribution < -0.4 is 5.32 Å². The van der Waals surface area contributed by atoms with Crippen LogP contribution in [0.1, 0.15) is 17.5 Å². The lowest BCUT2D eigenvalue weighted by atomic mass is 10.1. The Kier molecular flexibility index (Phi) is 1.19. The molecule has 0 saturated heterocycles. The number of nitrogens with one attached hydrogen (secondary N) is 2. The van der Waals surface area contributed by atoms with Gasteiger partial charge in [0.1, 0.15) is 5.82 Å². The number of H-pyrrole nitrogens is 1. The fourth-order valence-electron chi connectivity index (χ4n) is 1.51. The molecule has 2 heterocycles. The predicted molar refractivity (Wildman–Crippen MR) is 42.3 cm³/mol. The van der Waals surface area contributed by atoms with Crippen LogP contribution in [0.15, 0.2) is 6.20 Å². The second-order valence-electron chi connectivity index (χ2n) is 2.86. The Hall–Kier alpha value is -0.920. The Morgan fingerprint density at radius 2 is 2.40 bits per heavy atom. The van der Waals surface area contributed by atoms with E-state index in [0.29, 0.717) is 0 Å². The minimum atomic E-state index is 1.12. The van der Waals surface area contributed by atoms with Crippen molar-refractivity contribution in [3.05, 3.63) is 17.3 Å². The molecule has 0 amide bonds. The monoisotopic (exact) mass is 136 g/mol. The van der Waals surface area contributed by atoms with Crippen LogP contribution in [0.3, 0.4) is 0 Å². The maximum atomic E-state index is 3.33. The van der Waals surface area contributed by atoms with Gasteiger partial charge in [-0.25, -0.2) is 0 Å². The minimum absolute atomic E-state index is 1.12. The number of hydrogen-bond acceptors (Lipinski definition) is 1. The van der Waals surface area contributed by atoms with Crippen LogP contribution in [0, 0.1) is 6.92 Å². The summed E-state index contributed by atoms with van der Waals surface area (Å²) in [7, 11) is 0. The molecule has 0 radical (unpaired) electrons. The van der Waals surface area contributed by atoms with Crippen molar-refractivity contribution < 1.29 is 0 Å². The van der Waals surface area contributed by atoms with Crippen LogP contribution in [-0.4, -0.2) is 11.5 Å². The Labute approximate surface area is 60.6 Å². The lowest BCUT2D eigenvalue weighted by molar-refractivity contribution is 0.824. The van der Waals surface area contributed by atoms with E-state index < -0.39 is 0 Å². The van der Waals surface area contributed by atoms with Gasteiger partial charge in [0, 0.05) is 12.7 Å². The second-order valence-corrected chi connectivity index (χ2v) is 2.86. The molecule has 0 aliphatic carbocycles. The molecule has 2 heteroatoms. The molecule has 54 valence electrons. The van der Waals surface area contributed by atoms with Crippen molar-refractivity contribution in [2.45, 2.75) is 19.8 Å². The molecule has 1 aliphatic rings. The Morgan fingerprint density at radius 1 is 1.50 bits per heavy atom. The predicted octanol–water partition coefficient (Wildman–Crippen LogP) is 1.68. The molecular weight excluding hydrogens is 124 g/mol. The Morgan fingerprint density at radius 3 is 3.20 bits per heavy atom. The van der Waals surface area contributed by atoms with Gasteiger partial charge in [0.2, 0.25) is 0 Å². The maximum absolute atomic E-state index is 3.33. The molecule has 2 N–H and O–H groups in total. The van der Waals surface area contributed by atoms with E-state index in [0.717, 1.165) is 6.54 Å². The van der Waals surface area contributed by atoms with E-state index >= 15 is 0 Å². The first-order valence-electron chi connectivity index (χ1n) is 3.78. The smallest absolute Gasteiger partial charge is 0.106 e. The molecule has 2 rings (SSSR count). The van der Waals surface area contributed by atoms with Gasteiger partial charge in [0.25, 0.3) is 0 Å². The minimum Gasteiger partial charge on any atom is -0.371 e.